The van der Waals surface area contributed by atoms with E-state index in [-0.39, 0.29) is 18.5 Å². The van der Waals surface area contributed by atoms with Gasteiger partial charge in [0.2, 0.25) is 0 Å². The monoisotopic (exact) mass is 149 g/mol. The fourth-order valence-corrected chi connectivity index (χ4v) is 1.82. The lowest BCUT2D eigenvalue weighted by Gasteiger charge is -2.16. The van der Waals surface area contributed by atoms with E-state index in [4.69, 9.17) is 5.11 Å². The molecule has 1 saturated carbocycles. The Labute approximate surface area is 61.0 Å². The lowest BCUT2D eigenvalue weighted by Crippen LogP contribution is -2.36. The van der Waals surface area contributed by atoms with Gasteiger partial charge in [0, 0.05) is 6.04 Å². The summed E-state index contributed by atoms with van der Waals surface area (Å²) in [5.41, 5.74) is 0. The molecule has 3 atom stereocenters. The summed E-state index contributed by atoms with van der Waals surface area (Å²) in [4.78, 5) is 0. The molecule has 54 valence electrons. The van der Waals surface area contributed by atoms with Crippen LogP contribution in [0.4, 0.5) is 0 Å². The Morgan fingerprint density at radius 2 is 2.11 bits per heavy atom. The number of aliphatic hydroxyl groups excluding tert-OH is 1. The molecule has 0 radical (unpaired) electrons. The fourth-order valence-electron chi connectivity index (χ4n) is 1.82. The van der Waals surface area contributed by atoms with Gasteiger partial charge in [0.1, 0.15) is 0 Å². The third-order valence-electron chi connectivity index (χ3n) is 2.30. The van der Waals surface area contributed by atoms with Crippen molar-refractivity contribution in [2.45, 2.75) is 25.0 Å². The van der Waals surface area contributed by atoms with Gasteiger partial charge in [-0.05, 0) is 25.3 Å². The van der Waals surface area contributed by atoms with Crippen LogP contribution in [0.1, 0.15) is 12.8 Å². The molecule has 3 heteroatoms. The Morgan fingerprint density at radius 1 is 1.33 bits per heavy atom. The third kappa shape index (κ3) is 1.07. The van der Waals surface area contributed by atoms with Crippen LogP contribution in [-0.4, -0.2) is 23.8 Å². The molecular weight excluding hydrogens is 138 g/mol. The average Bonchev–Trinajstić information content (AvgIpc) is 2.23. The molecule has 2 nitrogen and oxygen atoms in total. The standard InChI is InChI=1S/C6H11NO.ClH/c8-6-2-4-1-5(6)7-3-4;/h4-8H,1-3H2;1H/t4-,5+,6-;/m0./s1. The van der Waals surface area contributed by atoms with Gasteiger partial charge < -0.3 is 10.4 Å². The van der Waals surface area contributed by atoms with Crippen LogP contribution in [0, 0.1) is 5.92 Å². The highest BCUT2D eigenvalue weighted by Gasteiger charge is 2.37. The summed E-state index contributed by atoms with van der Waals surface area (Å²) < 4.78 is 0. The van der Waals surface area contributed by atoms with Gasteiger partial charge in [0.05, 0.1) is 6.10 Å². The predicted molar refractivity (Wildman–Crippen MR) is 37.8 cm³/mol. The number of hydrogen-bond donors (Lipinski definition) is 2. The number of fused-ring (bicyclic) bond motifs is 2. The number of piperidine rings is 1. The van der Waals surface area contributed by atoms with Crippen LogP contribution in [0.3, 0.4) is 0 Å². The summed E-state index contributed by atoms with van der Waals surface area (Å²) >= 11 is 0. The van der Waals surface area contributed by atoms with E-state index in [1.165, 1.54) is 6.42 Å². The Kier molecular flexibility index (Phi) is 1.99. The number of nitrogens with one attached hydrogen (secondary N) is 1. The summed E-state index contributed by atoms with van der Waals surface area (Å²) in [5.74, 6) is 0.787. The quantitative estimate of drug-likeness (QED) is 0.514. The lowest BCUT2D eigenvalue weighted by molar-refractivity contribution is 0.134. The lowest BCUT2D eigenvalue weighted by atomic mass is 10.1. The Bertz CT molecular complexity index is 107. The van der Waals surface area contributed by atoms with Crippen molar-refractivity contribution in [3.8, 4) is 0 Å². The largest absolute Gasteiger partial charge is 0.391 e. The molecule has 9 heavy (non-hydrogen) atoms. The Morgan fingerprint density at radius 3 is 2.33 bits per heavy atom. The molecule has 1 aliphatic carbocycles. The normalized spacial score (nSPS) is 47.0. The maximum Gasteiger partial charge on any atom is 0.0696 e. The van der Waals surface area contributed by atoms with E-state index < -0.39 is 0 Å². The van der Waals surface area contributed by atoms with Gasteiger partial charge in [-0.25, -0.2) is 0 Å². The maximum absolute atomic E-state index is 9.16. The molecule has 0 unspecified atom stereocenters. The third-order valence-corrected chi connectivity index (χ3v) is 2.30. The SMILES string of the molecule is Cl.O[C@H]1C[C@H]2CN[C@@H]1C2. The van der Waals surface area contributed by atoms with Crippen LogP contribution in [0.2, 0.25) is 0 Å². The van der Waals surface area contributed by atoms with Gasteiger partial charge in [0.15, 0.2) is 0 Å². The van der Waals surface area contributed by atoms with E-state index in [0.717, 1.165) is 18.9 Å². The predicted octanol–water partition coefficient (Wildman–Crippen LogP) is 0.151. The molecular formula is C6H12ClNO. The van der Waals surface area contributed by atoms with E-state index in [2.05, 4.69) is 5.32 Å². The first kappa shape index (κ1) is 7.32. The van der Waals surface area contributed by atoms with Crippen LogP contribution < -0.4 is 5.32 Å². The number of rotatable bonds is 0. The summed E-state index contributed by atoms with van der Waals surface area (Å²) in [6.07, 6.45) is 2.22. The highest BCUT2D eigenvalue weighted by molar-refractivity contribution is 5.85. The zero-order chi connectivity index (χ0) is 5.56. The van der Waals surface area contributed by atoms with Crippen LogP contribution in [0.25, 0.3) is 0 Å². The molecule has 0 aromatic carbocycles. The molecule has 2 fully saturated rings. The second kappa shape index (κ2) is 2.45. The topological polar surface area (TPSA) is 32.3 Å². The zero-order valence-electron chi connectivity index (χ0n) is 5.21. The maximum atomic E-state index is 9.16. The second-order valence-corrected chi connectivity index (χ2v) is 2.92. The smallest absolute Gasteiger partial charge is 0.0696 e. The van der Waals surface area contributed by atoms with E-state index >= 15 is 0 Å². The molecule has 2 aliphatic rings. The van der Waals surface area contributed by atoms with Gasteiger partial charge in [-0.15, -0.1) is 12.4 Å². The van der Waals surface area contributed by atoms with Gasteiger partial charge in [-0.2, -0.15) is 0 Å². The first-order valence-corrected chi connectivity index (χ1v) is 3.28. The number of halogens is 1. The second-order valence-electron chi connectivity index (χ2n) is 2.92. The van der Waals surface area contributed by atoms with Crippen LogP contribution in [-0.2, 0) is 0 Å². The Balaban J connectivity index is 0.000000405. The van der Waals surface area contributed by atoms with Crippen molar-refractivity contribution in [2.24, 2.45) is 5.92 Å². The van der Waals surface area contributed by atoms with E-state index in [0.29, 0.717) is 6.04 Å². The minimum Gasteiger partial charge on any atom is -0.391 e. The van der Waals surface area contributed by atoms with Gasteiger partial charge in [0.25, 0.3) is 0 Å². The summed E-state index contributed by atoms with van der Waals surface area (Å²) in [5, 5.41) is 12.4. The molecule has 1 heterocycles. The minimum atomic E-state index is -0.0336. The molecule has 1 aliphatic heterocycles. The highest BCUT2D eigenvalue weighted by Crippen LogP contribution is 2.30. The van der Waals surface area contributed by atoms with Crippen molar-refractivity contribution >= 4 is 12.4 Å². The summed E-state index contributed by atoms with van der Waals surface area (Å²) in [6, 6.07) is 0.444. The van der Waals surface area contributed by atoms with Crippen molar-refractivity contribution in [2.75, 3.05) is 6.54 Å². The minimum absolute atomic E-state index is 0. The molecule has 0 amide bonds. The first-order valence-electron chi connectivity index (χ1n) is 3.28. The van der Waals surface area contributed by atoms with Crippen LogP contribution in [0.15, 0.2) is 0 Å². The molecule has 2 bridgehead atoms. The van der Waals surface area contributed by atoms with Gasteiger partial charge >= 0.3 is 0 Å². The number of aliphatic hydroxyl groups is 1. The van der Waals surface area contributed by atoms with E-state index in [9.17, 15) is 0 Å². The van der Waals surface area contributed by atoms with Crippen molar-refractivity contribution < 1.29 is 5.11 Å². The fraction of sp³-hybridized carbons (Fsp3) is 1.00. The van der Waals surface area contributed by atoms with Crippen molar-refractivity contribution in [1.29, 1.82) is 0 Å². The van der Waals surface area contributed by atoms with Crippen molar-refractivity contribution in [3.05, 3.63) is 0 Å². The van der Waals surface area contributed by atoms with E-state index in [1.54, 1.807) is 0 Å². The molecule has 0 aromatic heterocycles. The number of hydrogen-bond acceptors (Lipinski definition) is 2. The van der Waals surface area contributed by atoms with Crippen molar-refractivity contribution in [1.82, 2.24) is 5.32 Å². The summed E-state index contributed by atoms with van der Waals surface area (Å²) in [6.45, 7) is 1.14. The van der Waals surface area contributed by atoms with E-state index in [1.807, 2.05) is 0 Å². The molecule has 0 spiro atoms. The summed E-state index contributed by atoms with van der Waals surface area (Å²) in [7, 11) is 0. The van der Waals surface area contributed by atoms with Gasteiger partial charge in [-0.1, -0.05) is 0 Å². The van der Waals surface area contributed by atoms with Crippen LogP contribution >= 0.6 is 12.4 Å². The molecule has 2 N–H and O–H groups in total. The first-order chi connectivity index (χ1) is 3.86. The van der Waals surface area contributed by atoms with Crippen LogP contribution in [0.5, 0.6) is 0 Å². The Hall–Kier alpha value is 0.210. The van der Waals surface area contributed by atoms with Gasteiger partial charge in [-0.3, -0.25) is 0 Å². The highest BCUT2D eigenvalue weighted by atomic mass is 35.5. The zero-order valence-corrected chi connectivity index (χ0v) is 6.03. The average molecular weight is 150 g/mol. The molecule has 1 saturated heterocycles. The molecule has 2 rings (SSSR count). The molecule has 0 aromatic rings. The van der Waals surface area contributed by atoms with Crippen molar-refractivity contribution in [3.63, 3.8) is 0 Å².